The molecular formula is C14H19F4NO2. The fourth-order valence-electron chi connectivity index (χ4n) is 1.77. The van der Waals surface area contributed by atoms with Gasteiger partial charge >= 0.3 is 6.36 Å². The van der Waals surface area contributed by atoms with Crippen LogP contribution in [0.4, 0.5) is 17.6 Å². The first-order valence-electron chi connectivity index (χ1n) is 6.69. The summed E-state index contributed by atoms with van der Waals surface area (Å²) in [7, 11) is 0. The molecule has 0 spiro atoms. The number of hydrogen-bond donors (Lipinski definition) is 1. The summed E-state index contributed by atoms with van der Waals surface area (Å²) in [5, 5.41) is 3.21. The Morgan fingerprint density at radius 3 is 2.57 bits per heavy atom. The van der Waals surface area contributed by atoms with E-state index in [4.69, 9.17) is 4.74 Å². The van der Waals surface area contributed by atoms with Crippen LogP contribution in [0, 0.1) is 5.82 Å². The normalized spacial score (nSPS) is 13.2. The first kappa shape index (κ1) is 17.7. The smallest absolute Gasteiger partial charge is 0.491 e. The molecule has 0 fully saturated rings. The quantitative estimate of drug-likeness (QED) is 0.585. The highest BCUT2D eigenvalue weighted by Crippen LogP contribution is 2.26. The zero-order chi connectivity index (χ0) is 15.9. The van der Waals surface area contributed by atoms with Crippen molar-refractivity contribution < 1.29 is 27.0 Å². The molecule has 120 valence electrons. The van der Waals surface area contributed by atoms with Crippen molar-refractivity contribution in [3.63, 3.8) is 0 Å². The van der Waals surface area contributed by atoms with Gasteiger partial charge in [0.25, 0.3) is 0 Å². The monoisotopic (exact) mass is 309 g/mol. The van der Waals surface area contributed by atoms with Gasteiger partial charge in [-0.3, -0.25) is 4.74 Å². The molecule has 0 saturated carbocycles. The number of alkyl halides is 3. The van der Waals surface area contributed by atoms with Crippen molar-refractivity contribution in [1.29, 1.82) is 0 Å². The second-order valence-electron chi connectivity index (χ2n) is 4.50. The van der Waals surface area contributed by atoms with Crippen molar-refractivity contribution in [3.8, 4) is 5.75 Å². The number of nitrogens with one attached hydrogen (secondary N) is 1. The molecule has 0 aliphatic rings. The Morgan fingerprint density at radius 1 is 1.24 bits per heavy atom. The maximum atomic E-state index is 13.2. The standard InChI is InChI=1S/C14H19F4NO2/c1-3-6-19-10(2)12-5-4-11(15)9-13(12)20-7-8-21-14(16,17)18/h4-5,9-10,19H,3,6-8H2,1-2H3. The van der Waals surface area contributed by atoms with Crippen LogP contribution in [0.3, 0.4) is 0 Å². The molecule has 21 heavy (non-hydrogen) atoms. The molecule has 3 nitrogen and oxygen atoms in total. The summed E-state index contributed by atoms with van der Waals surface area (Å²) < 4.78 is 57.6. The van der Waals surface area contributed by atoms with Crippen LogP contribution >= 0.6 is 0 Å². The molecule has 1 unspecified atom stereocenters. The van der Waals surface area contributed by atoms with Crippen molar-refractivity contribution in [2.45, 2.75) is 32.7 Å². The van der Waals surface area contributed by atoms with Crippen molar-refractivity contribution in [1.82, 2.24) is 5.32 Å². The molecular weight excluding hydrogens is 290 g/mol. The summed E-state index contributed by atoms with van der Waals surface area (Å²) in [5.41, 5.74) is 0.692. The van der Waals surface area contributed by atoms with Crippen molar-refractivity contribution in [2.24, 2.45) is 0 Å². The molecule has 1 rings (SSSR count). The van der Waals surface area contributed by atoms with Gasteiger partial charge in [-0.1, -0.05) is 13.0 Å². The minimum absolute atomic E-state index is 0.0934. The second kappa shape index (κ2) is 8.19. The average Bonchev–Trinajstić information content (AvgIpc) is 2.40. The predicted octanol–water partition coefficient (Wildman–Crippen LogP) is 3.80. The van der Waals surface area contributed by atoms with Gasteiger partial charge in [0.15, 0.2) is 0 Å². The Labute approximate surface area is 121 Å². The summed E-state index contributed by atoms with van der Waals surface area (Å²) in [5.74, 6) is -0.287. The fourth-order valence-corrected chi connectivity index (χ4v) is 1.77. The van der Waals surface area contributed by atoms with E-state index in [1.54, 1.807) is 6.07 Å². The zero-order valence-electron chi connectivity index (χ0n) is 12.0. The summed E-state index contributed by atoms with van der Waals surface area (Å²) in [6.45, 7) is 3.71. The Hall–Kier alpha value is -1.34. The predicted molar refractivity (Wildman–Crippen MR) is 70.6 cm³/mol. The van der Waals surface area contributed by atoms with Crippen molar-refractivity contribution >= 4 is 0 Å². The van der Waals surface area contributed by atoms with Gasteiger partial charge in [-0.2, -0.15) is 0 Å². The highest BCUT2D eigenvalue weighted by molar-refractivity contribution is 5.36. The van der Waals surface area contributed by atoms with Gasteiger partial charge in [0.1, 0.15) is 18.2 Å². The molecule has 0 aliphatic heterocycles. The maximum Gasteiger partial charge on any atom is 0.522 e. The van der Waals surface area contributed by atoms with E-state index in [2.05, 4.69) is 10.1 Å². The SMILES string of the molecule is CCCNC(C)c1ccc(F)cc1OCCOC(F)(F)F. The lowest BCUT2D eigenvalue weighted by atomic mass is 10.1. The Kier molecular flexibility index (Phi) is 6.91. The minimum atomic E-state index is -4.69. The van der Waals surface area contributed by atoms with Crippen LogP contribution in [0.5, 0.6) is 5.75 Å². The van der Waals surface area contributed by atoms with Crippen LogP contribution < -0.4 is 10.1 Å². The lowest BCUT2D eigenvalue weighted by Crippen LogP contribution is -2.21. The van der Waals surface area contributed by atoms with Gasteiger partial charge in [0, 0.05) is 17.7 Å². The van der Waals surface area contributed by atoms with Crippen LogP contribution in [0.1, 0.15) is 31.9 Å². The van der Waals surface area contributed by atoms with E-state index in [1.807, 2.05) is 13.8 Å². The Balaban J connectivity index is 2.64. The van der Waals surface area contributed by atoms with E-state index < -0.39 is 18.8 Å². The highest BCUT2D eigenvalue weighted by Gasteiger charge is 2.28. The van der Waals surface area contributed by atoms with Gasteiger partial charge in [-0.05, 0) is 26.0 Å². The van der Waals surface area contributed by atoms with E-state index in [0.29, 0.717) is 5.56 Å². The van der Waals surface area contributed by atoms with Gasteiger partial charge in [-0.15, -0.1) is 13.2 Å². The van der Waals surface area contributed by atoms with Gasteiger partial charge < -0.3 is 10.1 Å². The molecule has 0 aromatic heterocycles. The highest BCUT2D eigenvalue weighted by atomic mass is 19.4. The molecule has 7 heteroatoms. The van der Waals surface area contributed by atoms with E-state index >= 15 is 0 Å². The van der Waals surface area contributed by atoms with E-state index in [9.17, 15) is 17.6 Å². The molecule has 1 atom stereocenters. The molecule has 0 aliphatic carbocycles. The number of rotatable bonds is 8. The van der Waals surface area contributed by atoms with E-state index in [0.717, 1.165) is 19.0 Å². The Morgan fingerprint density at radius 2 is 1.95 bits per heavy atom. The van der Waals surface area contributed by atoms with E-state index in [1.165, 1.54) is 6.07 Å². The van der Waals surface area contributed by atoms with Crippen LogP contribution in [0.25, 0.3) is 0 Å². The van der Waals surface area contributed by atoms with Gasteiger partial charge in [0.2, 0.25) is 0 Å². The average molecular weight is 309 g/mol. The summed E-state index contributed by atoms with van der Waals surface area (Å²) in [6.07, 6.45) is -3.76. The van der Waals surface area contributed by atoms with Crippen LogP contribution in [0.15, 0.2) is 18.2 Å². The fraction of sp³-hybridized carbons (Fsp3) is 0.571. The first-order chi connectivity index (χ1) is 9.83. The minimum Gasteiger partial charge on any atom is -0.491 e. The number of halogens is 4. The zero-order valence-corrected chi connectivity index (χ0v) is 12.0. The molecule has 1 N–H and O–H groups in total. The topological polar surface area (TPSA) is 30.5 Å². The lowest BCUT2D eigenvalue weighted by Gasteiger charge is -2.18. The van der Waals surface area contributed by atoms with Crippen molar-refractivity contribution in [3.05, 3.63) is 29.6 Å². The van der Waals surface area contributed by atoms with Gasteiger partial charge in [0.05, 0.1) is 6.61 Å². The second-order valence-corrected chi connectivity index (χ2v) is 4.50. The summed E-state index contributed by atoms with van der Waals surface area (Å²) in [6, 6.07) is 3.91. The molecule has 0 heterocycles. The Bertz CT molecular complexity index is 437. The largest absolute Gasteiger partial charge is 0.522 e. The third kappa shape index (κ3) is 6.77. The first-order valence-corrected chi connectivity index (χ1v) is 6.69. The van der Waals surface area contributed by atoms with E-state index in [-0.39, 0.29) is 18.4 Å². The molecule has 0 bridgehead atoms. The molecule has 0 saturated heterocycles. The number of hydrogen-bond acceptors (Lipinski definition) is 3. The number of ether oxygens (including phenoxy) is 2. The summed E-state index contributed by atoms with van der Waals surface area (Å²) in [4.78, 5) is 0. The van der Waals surface area contributed by atoms with Gasteiger partial charge in [-0.25, -0.2) is 4.39 Å². The third-order valence-corrected chi connectivity index (χ3v) is 2.75. The van der Waals surface area contributed by atoms with Crippen LogP contribution in [-0.2, 0) is 4.74 Å². The van der Waals surface area contributed by atoms with Crippen molar-refractivity contribution in [2.75, 3.05) is 19.8 Å². The van der Waals surface area contributed by atoms with Crippen LogP contribution in [-0.4, -0.2) is 26.1 Å². The third-order valence-electron chi connectivity index (χ3n) is 2.75. The molecule has 0 amide bonds. The lowest BCUT2D eigenvalue weighted by molar-refractivity contribution is -0.325. The summed E-state index contributed by atoms with van der Waals surface area (Å²) >= 11 is 0. The maximum absolute atomic E-state index is 13.2. The molecule has 1 aromatic rings. The van der Waals surface area contributed by atoms with Crippen LogP contribution in [0.2, 0.25) is 0 Å². The molecule has 0 radical (unpaired) electrons. The number of benzene rings is 1. The molecule has 1 aromatic carbocycles.